The van der Waals surface area contributed by atoms with E-state index in [4.69, 9.17) is 4.74 Å². The molecule has 0 aromatic heterocycles. The molecule has 0 saturated carbocycles. The number of unbranched alkanes of at least 4 members (excludes halogenated alkanes) is 1. The zero-order chi connectivity index (χ0) is 11.1. The largest absolute Gasteiger partial charge is 0.371 e. The van der Waals surface area contributed by atoms with Crippen LogP contribution in [0.2, 0.25) is 0 Å². The minimum Gasteiger partial charge on any atom is -0.371 e. The molecule has 1 heterocycles. The minimum absolute atomic E-state index is 0.105. The molecule has 0 bridgehead atoms. The van der Waals surface area contributed by atoms with Crippen molar-refractivity contribution in [3.05, 3.63) is 0 Å². The third kappa shape index (κ3) is 4.96. The van der Waals surface area contributed by atoms with Gasteiger partial charge in [-0.05, 0) is 20.3 Å². The summed E-state index contributed by atoms with van der Waals surface area (Å²) in [6.45, 7) is 10.5. The van der Waals surface area contributed by atoms with Crippen LogP contribution in [-0.2, 0) is 4.74 Å². The highest BCUT2D eigenvalue weighted by atomic mass is 16.5. The molecule has 1 aliphatic rings. The van der Waals surface area contributed by atoms with E-state index < -0.39 is 0 Å². The average molecular weight is 214 g/mol. The normalized spacial score (nSPS) is 21.0. The van der Waals surface area contributed by atoms with Crippen molar-refractivity contribution in [3.63, 3.8) is 0 Å². The lowest BCUT2D eigenvalue weighted by Crippen LogP contribution is -2.59. The molecule has 1 fully saturated rings. The molecule has 2 N–H and O–H groups in total. The van der Waals surface area contributed by atoms with E-state index in [1.165, 1.54) is 19.3 Å². The summed E-state index contributed by atoms with van der Waals surface area (Å²) >= 11 is 0. The van der Waals surface area contributed by atoms with Crippen LogP contribution < -0.4 is 10.6 Å². The second-order valence-electron chi connectivity index (χ2n) is 4.90. The molecule has 1 aliphatic heterocycles. The van der Waals surface area contributed by atoms with Crippen LogP contribution in [0.5, 0.6) is 0 Å². The van der Waals surface area contributed by atoms with Gasteiger partial charge in [0.1, 0.15) is 0 Å². The van der Waals surface area contributed by atoms with Crippen LogP contribution in [0.1, 0.15) is 40.0 Å². The van der Waals surface area contributed by atoms with E-state index in [0.29, 0.717) is 6.04 Å². The van der Waals surface area contributed by atoms with Gasteiger partial charge in [-0.25, -0.2) is 0 Å². The zero-order valence-corrected chi connectivity index (χ0v) is 10.4. The van der Waals surface area contributed by atoms with Gasteiger partial charge in [0, 0.05) is 25.7 Å². The molecule has 1 rings (SSSR count). The third-order valence-corrected chi connectivity index (χ3v) is 3.03. The number of nitrogens with one attached hydrogen (secondary N) is 2. The number of hydrogen-bond donors (Lipinski definition) is 2. The summed E-state index contributed by atoms with van der Waals surface area (Å²) in [5, 5.41) is 6.73. The molecule has 90 valence electrons. The maximum absolute atomic E-state index is 5.80. The van der Waals surface area contributed by atoms with Gasteiger partial charge in [-0.1, -0.05) is 19.8 Å². The monoisotopic (exact) mass is 214 g/mol. The highest BCUT2D eigenvalue weighted by Gasteiger charge is 2.31. The predicted molar refractivity (Wildman–Crippen MR) is 64.2 cm³/mol. The standard InChI is InChI=1S/C12H26N2O/c1-4-5-6-11(2)14-7-8-15-12(3)9-13-10-12/h11,13-14H,4-10H2,1-3H3. The van der Waals surface area contributed by atoms with E-state index >= 15 is 0 Å². The zero-order valence-electron chi connectivity index (χ0n) is 10.4. The van der Waals surface area contributed by atoms with Crippen LogP contribution in [0, 0.1) is 0 Å². The summed E-state index contributed by atoms with van der Waals surface area (Å²) in [5.41, 5.74) is 0.105. The van der Waals surface area contributed by atoms with Gasteiger partial charge in [-0.3, -0.25) is 0 Å². The summed E-state index contributed by atoms with van der Waals surface area (Å²) < 4.78 is 5.80. The molecule has 15 heavy (non-hydrogen) atoms. The van der Waals surface area contributed by atoms with E-state index in [-0.39, 0.29) is 5.60 Å². The first-order chi connectivity index (χ1) is 7.16. The molecular weight excluding hydrogens is 188 g/mol. The summed E-state index contributed by atoms with van der Waals surface area (Å²) in [5.74, 6) is 0. The molecule has 3 nitrogen and oxygen atoms in total. The van der Waals surface area contributed by atoms with Crippen LogP contribution in [-0.4, -0.2) is 37.9 Å². The van der Waals surface area contributed by atoms with Gasteiger partial charge in [0.05, 0.1) is 12.2 Å². The first kappa shape index (κ1) is 12.9. The highest BCUT2D eigenvalue weighted by molar-refractivity contribution is 4.90. The SMILES string of the molecule is CCCCC(C)NCCOC1(C)CNC1. The lowest BCUT2D eigenvalue weighted by Gasteiger charge is -2.39. The van der Waals surface area contributed by atoms with Crippen LogP contribution >= 0.6 is 0 Å². The van der Waals surface area contributed by atoms with Crippen molar-refractivity contribution in [1.29, 1.82) is 0 Å². The molecule has 1 saturated heterocycles. The van der Waals surface area contributed by atoms with Crippen molar-refractivity contribution in [3.8, 4) is 0 Å². The number of hydrogen-bond acceptors (Lipinski definition) is 3. The fourth-order valence-corrected chi connectivity index (χ4v) is 1.79. The summed E-state index contributed by atoms with van der Waals surface area (Å²) in [6.07, 6.45) is 3.87. The molecule has 0 spiro atoms. The second-order valence-corrected chi connectivity index (χ2v) is 4.90. The average Bonchev–Trinajstić information content (AvgIpc) is 2.19. The topological polar surface area (TPSA) is 33.3 Å². The van der Waals surface area contributed by atoms with Gasteiger partial charge in [0.15, 0.2) is 0 Å². The molecule has 3 heteroatoms. The van der Waals surface area contributed by atoms with Gasteiger partial charge in [-0.15, -0.1) is 0 Å². The molecule has 0 aliphatic carbocycles. The van der Waals surface area contributed by atoms with Crippen molar-refractivity contribution in [1.82, 2.24) is 10.6 Å². The Morgan fingerprint density at radius 3 is 2.73 bits per heavy atom. The Hall–Kier alpha value is -0.120. The van der Waals surface area contributed by atoms with E-state index in [0.717, 1.165) is 26.2 Å². The quantitative estimate of drug-likeness (QED) is 0.601. The van der Waals surface area contributed by atoms with Gasteiger partial charge in [0.25, 0.3) is 0 Å². The Balaban J connectivity index is 1.91. The van der Waals surface area contributed by atoms with E-state index in [9.17, 15) is 0 Å². The van der Waals surface area contributed by atoms with Crippen LogP contribution in [0.3, 0.4) is 0 Å². The first-order valence-corrected chi connectivity index (χ1v) is 6.24. The Bertz CT molecular complexity index is 169. The van der Waals surface area contributed by atoms with E-state index in [1.807, 2.05) is 0 Å². The first-order valence-electron chi connectivity index (χ1n) is 6.24. The molecule has 0 radical (unpaired) electrons. The maximum Gasteiger partial charge on any atom is 0.0902 e. The van der Waals surface area contributed by atoms with Crippen molar-refractivity contribution in [2.75, 3.05) is 26.2 Å². The number of rotatable bonds is 8. The fourth-order valence-electron chi connectivity index (χ4n) is 1.79. The van der Waals surface area contributed by atoms with Crippen LogP contribution in [0.15, 0.2) is 0 Å². The fraction of sp³-hybridized carbons (Fsp3) is 1.00. The van der Waals surface area contributed by atoms with Crippen molar-refractivity contribution < 1.29 is 4.74 Å². The van der Waals surface area contributed by atoms with Gasteiger partial charge in [-0.2, -0.15) is 0 Å². The van der Waals surface area contributed by atoms with Crippen molar-refractivity contribution >= 4 is 0 Å². The Labute approximate surface area is 94.0 Å². The Morgan fingerprint density at radius 2 is 2.20 bits per heavy atom. The molecule has 1 unspecified atom stereocenters. The minimum atomic E-state index is 0.105. The predicted octanol–water partition coefficient (Wildman–Crippen LogP) is 1.53. The van der Waals surface area contributed by atoms with Gasteiger partial charge >= 0.3 is 0 Å². The van der Waals surface area contributed by atoms with Crippen LogP contribution in [0.25, 0.3) is 0 Å². The number of ether oxygens (including phenoxy) is 1. The van der Waals surface area contributed by atoms with E-state index in [2.05, 4.69) is 31.4 Å². The molecular formula is C12H26N2O. The van der Waals surface area contributed by atoms with Crippen LogP contribution in [0.4, 0.5) is 0 Å². The molecule has 0 aromatic carbocycles. The molecule has 1 atom stereocenters. The molecule has 0 amide bonds. The summed E-state index contributed by atoms with van der Waals surface area (Å²) in [6, 6.07) is 0.626. The van der Waals surface area contributed by atoms with Crippen molar-refractivity contribution in [2.24, 2.45) is 0 Å². The summed E-state index contributed by atoms with van der Waals surface area (Å²) in [7, 11) is 0. The Morgan fingerprint density at radius 1 is 1.47 bits per heavy atom. The van der Waals surface area contributed by atoms with Gasteiger partial charge in [0.2, 0.25) is 0 Å². The maximum atomic E-state index is 5.80. The lowest BCUT2D eigenvalue weighted by molar-refractivity contribution is -0.0652. The smallest absolute Gasteiger partial charge is 0.0902 e. The van der Waals surface area contributed by atoms with E-state index in [1.54, 1.807) is 0 Å². The van der Waals surface area contributed by atoms with Crippen molar-refractivity contribution in [2.45, 2.75) is 51.7 Å². The van der Waals surface area contributed by atoms with Gasteiger partial charge < -0.3 is 15.4 Å². The Kier molecular flexibility index (Phi) is 5.58. The molecule has 0 aromatic rings. The lowest BCUT2D eigenvalue weighted by atomic mass is 10.0. The summed E-state index contributed by atoms with van der Waals surface area (Å²) in [4.78, 5) is 0. The second kappa shape index (κ2) is 6.46. The highest BCUT2D eigenvalue weighted by Crippen LogP contribution is 2.14. The third-order valence-electron chi connectivity index (χ3n) is 3.03.